The second-order valence-corrected chi connectivity index (χ2v) is 9.25. The lowest BCUT2D eigenvalue weighted by atomic mass is 10.1. The van der Waals surface area contributed by atoms with E-state index in [0.29, 0.717) is 16.6 Å². The molecule has 0 saturated heterocycles. The van der Waals surface area contributed by atoms with Crippen LogP contribution in [0.4, 0.5) is 5.69 Å². The maximum Gasteiger partial charge on any atom is 0.258 e. The predicted octanol–water partition coefficient (Wildman–Crippen LogP) is 3.98. The first-order chi connectivity index (χ1) is 12.1. The molecule has 0 aromatic heterocycles. The van der Waals surface area contributed by atoms with Crippen molar-refractivity contribution in [3.63, 3.8) is 0 Å². The Morgan fingerprint density at radius 1 is 1.08 bits per heavy atom. The van der Waals surface area contributed by atoms with Crippen LogP contribution in [0.1, 0.15) is 28.4 Å². The number of carbonyl (C=O) groups is 1. The first-order valence-electron chi connectivity index (χ1n) is 8.20. The number of hydrogen-bond acceptors (Lipinski definition) is 3. The fourth-order valence-corrected chi connectivity index (χ4v) is 4.56. The van der Waals surface area contributed by atoms with Gasteiger partial charge in [0.1, 0.15) is 0 Å². The molecular formula is C19H23BrN2O3S. The summed E-state index contributed by atoms with van der Waals surface area (Å²) in [6.45, 7) is 6.34. The number of halogens is 1. The third-order valence-corrected chi connectivity index (χ3v) is 6.95. The molecule has 0 heterocycles. The van der Waals surface area contributed by atoms with Crippen LogP contribution in [-0.2, 0) is 10.0 Å². The third-order valence-electron chi connectivity index (χ3n) is 4.14. The molecule has 2 aromatic rings. The van der Waals surface area contributed by atoms with Gasteiger partial charge in [0.2, 0.25) is 10.0 Å². The monoisotopic (exact) mass is 438 g/mol. The van der Waals surface area contributed by atoms with Gasteiger partial charge in [-0.3, -0.25) is 4.79 Å². The zero-order chi connectivity index (χ0) is 19.6. The summed E-state index contributed by atoms with van der Waals surface area (Å²) in [5, 5.41) is 0. The van der Waals surface area contributed by atoms with Crippen LogP contribution in [0.3, 0.4) is 0 Å². The van der Waals surface area contributed by atoms with Crippen LogP contribution in [0, 0.1) is 13.8 Å². The first kappa shape index (κ1) is 20.6. The Hall–Kier alpha value is -1.70. The van der Waals surface area contributed by atoms with Gasteiger partial charge in [-0.25, -0.2) is 12.7 Å². The molecule has 0 radical (unpaired) electrons. The minimum atomic E-state index is -3.66. The molecule has 0 saturated carbocycles. The van der Waals surface area contributed by atoms with Crippen molar-refractivity contribution in [2.75, 3.05) is 25.5 Å². The maximum absolute atomic E-state index is 13.1. The van der Waals surface area contributed by atoms with Gasteiger partial charge in [0, 0.05) is 36.4 Å². The zero-order valence-electron chi connectivity index (χ0n) is 15.6. The lowest BCUT2D eigenvalue weighted by molar-refractivity contribution is 0.0988. The summed E-state index contributed by atoms with van der Waals surface area (Å²) in [6.07, 6.45) is 0. The van der Waals surface area contributed by atoms with Gasteiger partial charge in [0.15, 0.2) is 0 Å². The lowest BCUT2D eigenvalue weighted by Crippen LogP contribution is -2.31. The molecule has 2 aromatic carbocycles. The standard InChI is InChI=1S/C19H23BrN2O3S/c1-6-22(17-10-7-13(2)11-14(17)3)19(23)15-8-9-16(20)18(12-15)26(24,25)21(4)5/h7-12H,6H2,1-5H3. The molecular weight excluding hydrogens is 416 g/mol. The van der Waals surface area contributed by atoms with E-state index in [9.17, 15) is 13.2 Å². The molecule has 0 atom stereocenters. The van der Waals surface area contributed by atoms with Crippen molar-refractivity contribution in [2.45, 2.75) is 25.7 Å². The quantitative estimate of drug-likeness (QED) is 0.708. The van der Waals surface area contributed by atoms with Gasteiger partial charge in [0.05, 0.1) is 4.90 Å². The van der Waals surface area contributed by atoms with E-state index in [1.807, 2.05) is 39.0 Å². The summed E-state index contributed by atoms with van der Waals surface area (Å²) in [6, 6.07) is 10.6. The van der Waals surface area contributed by atoms with E-state index in [-0.39, 0.29) is 10.8 Å². The molecule has 0 bridgehead atoms. The number of carbonyl (C=O) groups excluding carboxylic acids is 1. The van der Waals surface area contributed by atoms with Crippen LogP contribution in [-0.4, -0.2) is 39.3 Å². The molecule has 7 heteroatoms. The van der Waals surface area contributed by atoms with Crippen molar-refractivity contribution < 1.29 is 13.2 Å². The summed E-state index contributed by atoms with van der Waals surface area (Å²) in [5.74, 6) is -0.234. The van der Waals surface area contributed by atoms with Crippen molar-refractivity contribution in [1.82, 2.24) is 4.31 Å². The van der Waals surface area contributed by atoms with Crippen LogP contribution in [0.5, 0.6) is 0 Å². The minimum Gasteiger partial charge on any atom is -0.308 e. The van der Waals surface area contributed by atoms with Crippen molar-refractivity contribution in [3.8, 4) is 0 Å². The van der Waals surface area contributed by atoms with Gasteiger partial charge in [-0.15, -0.1) is 0 Å². The molecule has 0 N–H and O–H groups in total. The first-order valence-corrected chi connectivity index (χ1v) is 10.4. The highest BCUT2D eigenvalue weighted by Gasteiger charge is 2.24. The predicted molar refractivity (Wildman–Crippen MR) is 108 cm³/mol. The van der Waals surface area contributed by atoms with Gasteiger partial charge in [0.25, 0.3) is 5.91 Å². The van der Waals surface area contributed by atoms with Gasteiger partial charge in [-0.2, -0.15) is 0 Å². The molecule has 0 aliphatic rings. The Morgan fingerprint density at radius 2 is 1.73 bits per heavy atom. The number of anilines is 1. The third kappa shape index (κ3) is 4.00. The number of sulfonamides is 1. The molecule has 1 amide bonds. The van der Waals surface area contributed by atoms with Gasteiger partial charge in [-0.1, -0.05) is 17.7 Å². The van der Waals surface area contributed by atoms with Crippen LogP contribution < -0.4 is 4.90 Å². The Labute approximate surface area is 163 Å². The topological polar surface area (TPSA) is 57.7 Å². The highest BCUT2D eigenvalue weighted by atomic mass is 79.9. The molecule has 0 aliphatic carbocycles. The van der Waals surface area contributed by atoms with Crippen molar-refractivity contribution in [1.29, 1.82) is 0 Å². The fourth-order valence-electron chi connectivity index (χ4n) is 2.72. The minimum absolute atomic E-state index is 0.0741. The van der Waals surface area contributed by atoms with Crippen molar-refractivity contribution in [2.24, 2.45) is 0 Å². The van der Waals surface area contributed by atoms with Crippen molar-refractivity contribution in [3.05, 3.63) is 57.6 Å². The Balaban J connectivity index is 2.52. The van der Waals surface area contributed by atoms with Crippen molar-refractivity contribution >= 4 is 37.5 Å². The Kier molecular flexibility index (Phi) is 6.26. The van der Waals surface area contributed by atoms with E-state index in [4.69, 9.17) is 0 Å². The number of benzene rings is 2. The van der Waals surface area contributed by atoms with Crippen LogP contribution >= 0.6 is 15.9 Å². The normalized spacial score (nSPS) is 11.7. The van der Waals surface area contributed by atoms with E-state index in [1.165, 1.54) is 20.2 Å². The lowest BCUT2D eigenvalue weighted by Gasteiger charge is -2.24. The molecule has 26 heavy (non-hydrogen) atoms. The summed E-state index contributed by atoms with van der Waals surface area (Å²) in [4.78, 5) is 14.8. The van der Waals surface area contributed by atoms with Gasteiger partial charge < -0.3 is 4.90 Å². The SMILES string of the molecule is CCN(C(=O)c1ccc(Br)c(S(=O)(=O)N(C)C)c1)c1ccc(C)cc1C. The fraction of sp³-hybridized carbons (Fsp3) is 0.316. The van der Waals surface area contributed by atoms with E-state index < -0.39 is 10.0 Å². The number of amides is 1. The Bertz CT molecular complexity index is 940. The highest BCUT2D eigenvalue weighted by molar-refractivity contribution is 9.10. The summed E-state index contributed by atoms with van der Waals surface area (Å²) in [5.41, 5.74) is 3.27. The van der Waals surface area contributed by atoms with Crippen LogP contribution in [0.2, 0.25) is 0 Å². The summed E-state index contributed by atoms with van der Waals surface area (Å²) in [7, 11) is -0.734. The number of hydrogen-bond donors (Lipinski definition) is 0. The molecule has 0 aliphatic heterocycles. The van der Waals surface area contributed by atoms with Crippen LogP contribution in [0.25, 0.3) is 0 Å². The van der Waals surface area contributed by atoms with Crippen LogP contribution in [0.15, 0.2) is 45.8 Å². The summed E-state index contributed by atoms with van der Waals surface area (Å²) < 4.78 is 26.6. The summed E-state index contributed by atoms with van der Waals surface area (Å²) >= 11 is 3.27. The number of nitrogens with zero attached hydrogens (tertiary/aromatic N) is 2. The molecule has 5 nitrogen and oxygen atoms in total. The van der Waals surface area contributed by atoms with E-state index in [0.717, 1.165) is 21.1 Å². The molecule has 2 rings (SSSR count). The number of rotatable bonds is 5. The second kappa shape index (κ2) is 7.90. The smallest absolute Gasteiger partial charge is 0.258 e. The van der Waals surface area contributed by atoms with Gasteiger partial charge in [-0.05, 0) is 66.5 Å². The molecule has 0 fully saturated rings. The average molecular weight is 439 g/mol. The molecule has 140 valence electrons. The Morgan fingerprint density at radius 3 is 2.27 bits per heavy atom. The van der Waals surface area contributed by atoms with Gasteiger partial charge >= 0.3 is 0 Å². The van der Waals surface area contributed by atoms with E-state index in [2.05, 4.69) is 15.9 Å². The highest BCUT2D eigenvalue weighted by Crippen LogP contribution is 2.28. The maximum atomic E-state index is 13.1. The van der Waals surface area contributed by atoms with E-state index >= 15 is 0 Å². The van der Waals surface area contributed by atoms with E-state index in [1.54, 1.807) is 17.0 Å². The number of aryl methyl sites for hydroxylation is 2. The largest absolute Gasteiger partial charge is 0.308 e. The molecule has 0 unspecified atom stereocenters. The second-order valence-electron chi connectivity index (χ2n) is 6.27. The molecule has 0 spiro atoms. The zero-order valence-corrected chi connectivity index (χ0v) is 18.0. The average Bonchev–Trinajstić information content (AvgIpc) is 2.57.